The Kier molecular flexibility index (Phi) is 6.26. The number of amides is 1. The van der Waals surface area contributed by atoms with Crippen molar-refractivity contribution in [2.24, 2.45) is 4.99 Å². The van der Waals surface area contributed by atoms with Crippen LogP contribution in [0.2, 0.25) is 0 Å². The van der Waals surface area contributed by atoms with Gasteiger partial charge in [-0.05, 0) is 39.3 Å². The highest BCUT2D eigenvalue weighted by Gasteiger charge is 2.24. The van der Waals surface area contributed by atoms with Crippen LogP contribution < -0.4 is 20.3 Å². The Balaban J connectivity index is 1.91. The molecule has 0 unspecified atom stereocenters. The molecule has 0 saturated heterocycles. The lowest BCUT2D eigenvalue weighted by molar-refractivity contribution is -0.121. The van der Waals surface area contributed by atoms with Gasteiger partial charge in [0.15, 0.2) is 12.6 Å². The molecule has 1 aliphatic rings. The summed E-state index contributed by atoms with van der Waals surface area (Å²) in [6.45, 7) is 8.44. The molecule has 1 amide bonds. The van der Waals surface area contributed by atoms with Gasteiger partial charge in [0, 0.05) is 25.7 Å². The molecule has 1 aromatic rings. The maximum Gasteiger partial charge on any atom is 0.265 e. The van der Waals surface area contributed by atoms with Gasteiger partial charge in [-0.1, -0.05) is 12.1 Å². The van der Waals surface area contributed by atoms with Gasteiger partial charge in [0.25, 0.3) is 5.91 Å². The number of aliphatic imine (C=N–C) groups is 1. The third-order valence-electron chi connectivity index (χ3n) is 3.39. The second-order valence-corrected chi connectivity index (χ2v) is 5.72. The van der Waals surface area contributed by atoms with E-state index in [-0.39, 0.29) is 12.5 Å². The molecule has 0 aromatic heterocycles. The zero-order valence-corrected chi connectivity index (χ0v) is 14.1. The molecule has 126 valence electrons. The highest BCUT2D eigenvalue weighted by molar-refractivity contribution is 5.97. The molecule has 0 saturated carbocycles. The number of para-hydroxylation sites is 2. The number of nitrogens with one attached hydrogen (secondary N) is 2. The van der Waals surface area contributed by atoms with Crippen molar-refractivity contribution in [1.82, 2.24) is 10.6 Å². The van der Waals surface area contributed by atoms with Crippen LogP contribution in [0.4, 0.5) is 5.69 Å². The number of hydrogen-bond acceptors (Lipinski definition) is 3. The van der Waals surface area contributed by atoms with Crippen molar-refractivity contribution in [1.29, 1.82) is 0 Å². The first-order chi connectivity index (χ1) is 11.1. The van der Waals surface area contributed by atoms with Gasteiger partial charge in [0.05, 0.1) is 5.69 Å². The van der Waals surface area contributed by atoms with E-state index >= 15 is 0 Å². The molecule has 0 atom stereocenters. The van der Waals surface area contributed by atoms with E-state index in [4.69, 9.17) is 4.74 Å². The minimum absolute atomic E-state index is 0.000100. The third kappa shape index (κ3) is 4.87. The second kappa shape index (κ2) is 8.41. The molecule has 0 bridgehead atoms. The first-order valence-electron chi connectivity index (χ1n) is 8.19. The number of ether oxygens (including phenoxy) is 1. The van der Waals surface area contributed by atoms with Gasteiger partial charge in [0.2, 0.25) is 0 Å². The van der Waals surface area contributed by atoms with E-state index in [1.165, 1.54) is 0 Å². The average Bonchev–Trinajstić information content (AvgIpc) is 2.52. The molecule has 0 spiro atoms. The molecule has 1 aromatic carbocycles. The highest BCUT2D eigenvalue weighted by Crippen LogP contribution is 2.31. The molecule has 0 radical (unpaired) electrons. The number of guanidine groups is 1. The van der Waals surface area contributed by atoms with Crippen LogP contribution in [-0.4, -0.2) is 44.1 Å². The lowest BCUT2D eigenvalue weighted by Crippen LogP contribution is -2.41. The molecule has 1 heterocycles. The second-order valence-electron chi connectivity index (χ2n) is 5.72. The van der Waals surface area contributed by atoms with E-state index < -0.39 is 0 Å². The predicted octanol–water partition coefficient (Wildman–Crippen LogP) is 1.77. The van der Waals surface area contributed by atoms with E-state index in [2.05, 4.69) is 29.5 Å². The van der Waals surface area contributed by atoms with Gasteiger partial charge in [-0.25, -0.2) is 0 Å². The van der Waals surface area contributed by atoms with E-state index in [1.807, 2.05) is 31.2 Å². The standard InChI is InChI=1S/C17H26N4O2/c1-4-18-17(20-13(2)3)19-10-7-11-21-14-8-5-6-9-15(14)23-12-16(21)22/h5-6,8-9,13H,4,7,10-12H2,1-3H3,(H2,18,19,20). The number of benzene rings is 1. The van der Waals surface area contributed by atoms with Crippen LogP contribution in [-0.2, 0) is 4.79 Å². The van der Waals surface area contributed by atoms with Gasteiger partial charge in [-0.2, -0.15) is 0 Å². The van der Waals surface area contributed by atoms with Gasteiger partial charge in [0.1, 0.15) is 5.75 Å². The Morgan fingerprint density at radius 1 is 1.39 bits per heavy atom. The Bertz CT molecular complexity index is 557. The van der Waals surface area contributed by atoms with Crippen molar-refractivity contribution in [3.63, 3.8) is 0 Å². The largest absolute Gasteiger partial charge is 0.482 e. The van der Waals surface area contributed by atoms with Gasteiger partial charge < -0.3 is 20.3 Å². The molecule has 23 heavy (non-hydrogen) atoms. The van der Waals surface area contributed by atoms with Crippen LogP contribution in [0.25, 0.3) is 0 Å². The lowest BCUT2D eigenvalue weighted by atomic mass is 10.2. The van der Waals surface area contributed by atoms with Crippen molar-refractivity contribution in [2.45, 2.75) is 33.2 Å². The van der Waals surface area contributed by atoms with Gasteiger partial charge in [-0.3, -0.25) is 9.79 Å². The number of fused-ring (bicyclic) bond motifs is 1. The van der Waals surface area contributed by atoms with Gasteiger partial charge in [-0.15, -0.1) is 0 Å². The zero-order chi connectivity index (χ0) is 16.7. The molecule has 2 rings (SSSR count). The number of carbonyl (C=O) groups excluding carboxylic acids is 1. The topological polar surface area (TPSA) is 66.0 Å². The van der Waals surface area contributed by atoms with Crippen molar-refractivity contribution in [2.75, 3.05) is 31.1 Å². The molecule has 2 N–H and O–H groups in total. The van der Waals surface area contributed by atoms with Crippen LogP contribution in [0.5, 0.6) is 5.75 Å². The Hall–Kier alpha value is -2.24. The third-order valence-corrected chi connectivity index (χ3v) is 3.39. The monoisotopic (exact) mass is 318 g/mol. The number of rotatable bonds is 6. The molecule has 0 fully saturated rings. The minimum Gasteiger partial charge on any atom is -0.482 e. The number of anilines is 1. The number of carbonyl (C=O) groups is 1. The summed E-state index contributed by atoms with van der Waals surface area (Å²) in [6.07, 6.45) is 0.800. The normalized spacial score (nSPS) is 14.5. The summed E-state index contributed by atoms with van der Waals surface area (Å²) in [4.78, 5) is 18.4. The van der Waals surface area contributed by atoms with E-state index in [0.29, 0.717) is 19.1 Å². The van der Waals surface area contributed by atoms with Crippen molar-refractivity contribution in [3.8, 4) is 5.75 Å². The van der Waals surface area contributed by atoms with E-state index in [1.54, 1.807) is 4.90 Å². The summed E-state index contributed by atoms with van der Waals surface area (Å²) < 4.78 is 5.45. The number of hydrogen-bond donors (Lipinski definition) is 2. The summed E-state index contributed by atoms with van der Waals surface area (Å²) >= 11 is 0. The van der Waals surface area contributed by atoms with E-state index in [0.717, 1.165) is 30.4 Å². The summed E-state index contributed by atoms with van der Waals surface area (Å²) in [5.41, 5.74) is 0.847. The fourth-order valence-electron chi connectivity index (χ4n) is 2.41. The zero-order valence-electron chi connectivity index (χ0n) is 14.1. The first kappa shape index (κ1) is 17.1. The smallest absolute Gasteiger partial charge is 0.265 e. The van der Waals surface area contributed by atoms with Crippen LogP contribution in [0, 0.1) is 0 Å². The van der Waals surface area contributed by atoms with Crippen molar-refractivity contribution in [3.05, 3.63) is 24.3 Å². The summed E-state index contributed by atoms with van der Waals surface area (Å²) in [6, 6.07) is 7.97. The Morgan fingerprint density at radius 3 is 2.91 bits per heavy atom. The quantitative estimate of drug-likeness (QED) is 0.476. The molecular weight excluding hydrogens is 292 g/mol. The fraction of sp³-hybridized carbons (Fsp3) is 0.529. The SMILES string of the molecule is CCNC(=NCCCN1C(=O)COc2ccccc21)NC(C)C. The molecule has 6 nitrogen and oxygen atoms in total. The highest BCUT2D eigenvalue weighted by atomic mass is 16.5. The van der Waals surface area contributed by atoms with Crippen molar-refractivity contribution < 1.29 is 9.53 Å². The van der Waals surface area contributed by atoms with Gasteiger partial charge >= 0.3 is 0 Å². The maximum absolute atomic E-state index is 12.1. The minimum atomic E-state index is -0.000100. The van der Waals surface area contributed by atoms with Crippen molar-refractivity contribution >= 4 is 17.6 Å². The Morgan fingerprint density at radius 2 is 2.17 bits per heavy atom. The van der Waals surface area contributed by atoms with Crippen LogP contribution in [0.1, 0.15) is 27.2 Å². The Labute approximate surface area is 137 Å². The first-order valence-corrected chi connectivity index (χ1v) is 8.19. The summed E-state index contributed by atoms with van der Waals surface area (Å²) in [7, 11) is 0. The fourth-order valence-corrected chi connectivity index (χ4v) is 2.41. The summed E-state index contributed by atoms with van der Waals surface area (Å²) in [5, 5.41) is 6.50. The van der Waals surface area contributed by atoms with Crippen LogP contribution in [0.3, 0.4) is 0 Å². The molecular formula is C17H26N4O2. The molecule has 0 aliphatic carbocycles. The summed E-state index contributed by atoms with van der Waals surface area (Å²) in [5.74, 6) is 1.58. The average molecular weight is 318 g/mol. The van der Waals surface area contributed by atoms with E-state index in [9.17, 15) is 4.79 Å². The lowest BCUT2D eigenvalue weighted by Gasteiger charge is -2.29. The molecule has 6 heteroatoms. The maximum atomic E-state index is 12.1. The predicted molar refractivity (Wildman–Crippen MR) is 93.2 cm³/mol. The number of nitrogens with zero attached hydrogens (tertiary/aromatic N) is 2. The molecule has 1 aliphatic heterocycles. The van der Waals surface area contributed by atoms with Crippen LogP contribution in [0.15, 0.2) is 29.3 Å². The van der Waals surface area contributed by atoms with Crippen LogP contribution >= 0.6 is 0 Å².